The van der Waals surface area contributed by atoms with Gasteiger partial charge in [-0.25, -0.2) is 9.97 Å². The maximum absolute atomic E-state index is 12.2. The predicted molar refractivity (Wildman–Crippen MR) is 84.0 cm³/mol. The minimum atomic E-state index is -0.149. The Morgan fingerprint density at radius 3 is 2.91 bits per heavy atom. The highest BCUT2D eigenvalue weighted by atomic mass is 16.5. The van der Waals surface area contributed by atoms with Crippen LogP contribution in [0, 0.1) is 5.92 Å². The minimum absolute atomic E-state index is 0.147. The summed E-state index contributed by atoms with van der Waals surface area (Å²) in [6, 6.07) is 1.79. The zero-order valence-corrected chi connectivity index (χ0v) is 13.1. The number of amides is 1. The number of hydrogen-bond donors (Lipinski definition) is 1. The number of nitrogens with zero attached hydrogens (tertiary/aromatic N) is 3. The largest absolute Gasteiger partial charge is 0.376 e. The van der Waals surface area contributed by atoms with Crippen LogP contribution in [-0.4, -0.2) is 48.2 Å². The molecule has 22 heavy (non-hydrogen) atoms. The molecular formula is C16H24N4O2. The molecule has 6 heteroatoms. The summed E-state index contributed by atoms with van der Waals surface area (Å²) in [7, 11) is 0. The van der Waals surface area contributed by atoms with Crippen LogP contribution in [0.15, 0.2) is 12.4 Å². The molecule has 0 aliphatic carbocycles. The molecule has 2 aliphatic rings. The number of carbonyl (C=O) groups excluding carboxylic acids is 1. The highest BCUT2D eigenvalue weighted by Gasteiger charge is 2.20. The van der Waals surface area contributed by atoms with Crippen LogP contribution in [0.5, 0.6) is 0 Å². The molecule has 120 valence electrons. The van der Waals surface area contributed by atoms with Crippen molar-refractivity contribution in [3.63, 3.8) is 0 Å². The van der Waals surface area contributed by atoms with Gasteiger partial charge in [-0.1, -0.05) is 6.92 Å². The van der Waals surface area contributed by atoms with Gasteiger partial charge in [-0.15, -0.1) is 0 Å². The van der Waals surface area contributed by atoms with Crippen LogP contribution in [0.1, 0.15) is 43.1 Å². The Labute approximate surface area is 131 Å². The molecule has 3 rings (SSSR count). The van der Waals surface area contributed by atoms with E-state index in [-0.39, 0.29) is 12.0 Å². The molecular weight excluding hydrogens is 280 g/mol. The van der Waals surface area contributed by atoms with Gasteiger partial charge in [0.1, 0.15) is 17.8 Å². The number of rotatable bonds is 4. The highest BCUT2D eigenvalue weighted by Crippen LogP contribution is 2.21. The van der Waals surface area contributed by atoms with Crippen molar-refractivity contribution in [2.24, 2.45) is 5.92 Å². The van der Waals surface area contributed by atoms with Crippen LogP contribution in [0.3, 0.4) is 0 Å². The van der Waals surface area contributed by atoms with Gasteiger partial charge in [0.2, 0.25) is 0 Å². The molecule has 2 fully saturated rings. The number of aromatic nitrogens is 2. The molecule has 2 aliphatic heterocycles. The summed E-state index contributed by atoms with van der Waals surface area (Å²) in [6.45, 7) is 5.62. The second-order valence-corrected chi connectivity index (χ2v) is 6.28. The first kappa shape index (κ1) is 15.2. The van der Waals surface area contributed by atoms with E-state index in [4.69, 9.17) is 4.74 Å². The molecule has 1 atom stereocenters. The van der Waals surface area contributed by atoms with Crippen molar-refractivity contribution in [1.82, 2.24) is 15.3 Å². The lowest BCUT2D eigenvalue weighted by Gasteiger charge is -2.31. The van der Waals surface area contributed by atoms with Crippen LogP contribution in [0.25, 0.3) is 0 Å². The van der Waals surface area contributed by atoms with Crippen LogP contribution < -0.4 is 10.2 Å². The van der Waals surface area contributed by atoms with Crippen LogP contribution >= 0.6 is 0 Å². The molecule has 0 aromatic carbocycles. The fourth-order valence-electron chi connectivity index (χ4n) is 2.98. The van der Waals surface area contributed by atoms with E-state index in [0.717, 1.165) is 44.3 Å². The van der Waals surface area contributed by atoms with E-state index in [2.05, 4.69) is 27.1 Å². The Balaban J connectivity index is 1.59. The van der Waals surface area contributed by atoms with Gasteiger partial charge in [0.05, 0.1) is 6.10 Å². The molecule has 1 aromatic heterocycles. The SMILES string of the molecule is CC1CCN(c2cc(C(=O)NCC3CCCO3)ncn2)CC1. The third kappa shape index (κ3) is 3.74. The molecule has 2 saturated heterocycles. The fourth-order valence-corrected chi connectivity index (χ4v) is 2.98. The van der Waals surface area contributed by atoms with E-state index in [1.807, 2.05) is 0 Å². The molecule has 1 amide bonds. The first-order valence-electron chi connectivity index (χ1n) is 8.19. The van der Waals surface area contributed by atoms with Gasteiger partial charge in [-0.3, -0.25) is 4.79 Å². The Morgan fingerprint density at radius 2 is 2.18 bits per heavy atom. The number of nitrogens with one attached hydrogen (secondary N) is 1. The van der Waals surface area contributed by atoms with E-state index >= 15 is 0 Å². The van der Waals surface area contributed by atoms with E-state index in [0.29, 0.717) is 12.2 Å². The number of carbonyl (C=O) groups is 1. The number of ether oxygens (including phenoxy) is 1. The molecule has 0 radical (unpaired) electrons. The summed E-state index contributed by atoms with van der Waals surface area (Å²) in [5.41, 5.74) is 0.432. The van der Waals surface area contributed by atoms with Gasteiger partial charge in [0.25, 0.3) is 5.91 Å². The zero-order chi connectivity index (χ0) is 15.4. The highest BCUT2D eigenvalue weighted by molar-refractivity contribution is 5.92. The molecule has 1 aromatic rings. The number of anilines is 1. The fraction of sp³-hybridized carbons (Fsp3) is 0.688. The molecule has 1 N–H and O–H groups in total. The number of piperidine rings is 1. The number of hydrogen-bond acceptors (Lipinski definition) is 5. The molecule has 6 nitrogen and oxygen atoms in total. The third-order valence-corrected chi connectivity index (χ3v) is 4.51. The van der Waals surface area contributed by atoms with Gasteiger partial charge in [0.15, 0.2) is 0 Å². The molecule has 3 heterocycles. The summed E-state index contributed by atoms with van der Waals surface area (Å²) in [5.74, 6) is 1.47. The van der Waals surface area contributed by atoms with Crippen molar-refractivity contribution in [1.29, 1.82) is 0 Å². The maximum atomic E-state index is 12.2. The van der Waals surface area contributed by atoms with Crippen molar-refractivity contribution in [3.8, 4) is 0 Å². The monoisotopic (exact) mass is 304 g/mol. The first-order valence-corrected chi connectivity index (χ1v) is 8.19. The predicted octanol–water partition coefficient (Wildman–Crippen LogP) is 1.62. The zero-order valence-electron chi connectivity index (χ0n) is 13.1. The lowest BCUT2D eigenvalue weighted by Crippen LogP contribution is -2.34. The van der Waals surface area contributed by atoms with E-state index in [9.17, 15) is 4.79 Å². The van der Waals surface area contributed by atoms with E-state index < -0.39 is 0 Å². The average molecular weight is 304 g/mol. The van der Waals surface area contributed by atoms with Gasteiger partial charge >= 0.3 is 0 Å². The Hall–Kier alpha value is -1.69. The second-order valence-electron chi connectivity index (χ2n) is 6.28. The minimum Gasteiger partial charge on any atom is -0.376 e. The van der Waals surface area contributed by atoms with Gasteiger partial charge < -0.3 is 15.0 Å². The van der Waals surface area contributed by atoms with Crippen LogP contribution in [-0.2, 0) is 4.74 Å². The maximum Gasteiger partial charge on any atom is 0.270 e. The first-order chi connectivity index (χ1) is 10.7. The standard InChI is InChI=1S/C16H24N4O2/c1-12-4-6-20(7-5-12)15-9-14(18-11-19-15)16(21)17-10-13-3-2-8-22-13/h9,11-13H,2-8,10H2,1H3,(H,17,21). The molecule has 0 bridgehead atoms. The van der Waals surface area contributed by atoms with Gasteiger partial charge in [-0.2, -0.15) is 0 Å². The lowest BCUT2D eigenvalue weighted by molar-refractivity contribution is 0.0853. The van der Waals surface area contributed by atoms with Crippen molar-refractivity contribution in [3.05, 3.63) is 18.1 Å². The topological polar surface area (TPSA) is 67.4 Å². The summed E-state index contributed by atoms with van der Waals surface area (Å²) >= 11 is 0. The van der Waals surface area contributed by atoms with Gasteiger partial charge in [-0.05, 0) is 31.6 Å². The lowest BCUT2D eigenvalue weighted by atomic mass is 9.99. The molecule has 0 spiro atoms. The van der Waals surface area contributed by atoms with Crippen LogP contribution in [0.2, 0.25) is 0 Å². The quantitative estimate of drug-likeness (QED) is 0.915. The van der Waals surface area contributed by atoms with Crippen molar-refractivity contribution in [2.75, 3.05) is 31.1 Å². The smallest absolute Gasteiger partial charge is 0.270 e. The summed E-state index contributed by atoms with van der Waals surface area (Å²) in [4.78, 5) is 22.9. The summed E-state index contributed by atoms with van der Waals surface area (Å²) < 4.78 is 5.51. The molecule has 1 unspecified atom stereocenters. The van der Waals surface area contributed by atoms with E-state index in [1.165, 1.54) is 19.2 Å². The Morgan fingerprint density at radius 1 is 1.36 bits per heavy atom. The Kier molecular flexibility index (Phi) is 4.87. The van der Waals surface area contributed by atoms with Crippen LogP contribution in [0.4, 0.5) is 5.82 Å². The Bertz CT molecular complexity index is 509. The summed E-state index contributed by atoms with van der Waals surface area (Å²) in [5, 5.41) is 2.91. The molecule has 0 saturated carbocycles. The van der Waals surface area contributed by atoms with Gasteiger partial charge in [0, 0.05) is 32.3 Å². The van der Waals surface area contributed by atoms with E-state index in [1.54, 1.807) is 6.07 Å². The summed E-state index contributed by atoms with van der Waals surface area (Å²) in [6.07, 6.45) is 6.06. The second kappa shape index (κ2) is 7.05. The van der Waals surface area contributed by atoms with Crippen molar-refractivity contribution >= 4 is 11.7 Å². The average Bonchev–Trinajstić information content (AvgIpc) is 3.07. The third-order valence-electron chi connectivity index (χ3n) is 4.51. The normalized spacial score (nSPS) is 22.8. The van der Waals surface area contributed by atoms with Crippen molar-refractivity contribution in [2.45, 2.75) is 38.7 Å². The van der Waals surface area contributed by atoms with Crippen molar-refractivity contribution < 1.29 is 9.53 Å².